The van der Waals surface area contributed by atoms with E-state index in [0.717, 1.165) is 152 Å². The SMILES string of the molecule is CC(C)(C)c1ccc(C2Nc3ccccc3NC3=C2C(=O)NC3)cc1.Cc1ccc(C2Nc3ccccc3NC3=C2C(=O)NC3)cc1.O=C1NCC2=C1C(c1ccc(Cl)cc1)Nc1ccccc1N2.O=C1NCC2=C1C(c1ccc(I)cc1)Nc1ccccc1N2.O=C1NCC2=C1C(c1ccc(OCc3ccccc3)cc1)Nc1ccccc1N2. The minimum atomic E-state index is -0.230. The molecule has 5 atom stereocenters. The van der Waals surface area contributed by atoms with Crippen molar-refractivity contribution in [2.75, 3.05) is 85.9 Å². The van der Waals surface area contributed by atoms with Crippen molar-refractivity contribution in [2.45, 2.75) is 69.9 Å². The lowest BCUT2D eigenvalue weighted by Crippen LogP contribution is -2.24. The third kappa shape index (κ3) is 17.1. The van der Waals surface area contributed by atoms with Gasteiger partial charge in [-0.25, -0.2) is 0 Å². The van der Waals surface area contributed by atoms with Crippen LogP contribution >= 0.6 is 34.2 Å². The summed E-state index contributed by atoms with van der Waals surface area (Å²) in [7, 11) is 0. The Kier molecular flexibility index (Phi) is 22.6. The van der Waals surface area contributed by atoms with Crippen molar-refractivity contribution in [1.29, 1.82) is 0 Å². The smallest absolute Gasteiger partial charge is 0.251 e. The average Bonchev–Trinajstić information content (AvgIpc) is 1.60. The molecule has 5 amide bonds. The third-order valence-corrected chi connectivity index (χ3v) is 23.3. The molecule has 21 rings (SSSR count). The van der Waals surface area contributed by atoms with E-state index in [1.165, 1.54) is 14.7 Å². The van der Waals surface area contributed by atoms with Crippen LogP contribution in [0.15, 0.2) is 329 Å². The van der Waals surface area contributed by atoms with Crippen molar-refractivity contribution in [3.63, 3.8) is 0 Å². The summed E-state index contributed by atoms with van der Waals surface area (Å²) in [6, 6.07) is 90.0. The maximum absolute atomic E-state index is 12.5. The molecule has 0 fully saturated rings. The first kappa shape index (κ1) is 78.8. The Morgan fingerprint density at radius 1 is 0.317 bits per heavy atom. The van der Waals surface area contributed by atoms with Crippen molar-refractivity contribution in [3.05, 3.63) is 382 Å². The van der Waals surface area contributed by atoms with Crippen LogP contribution in [-0.2, 0) is 36.0 Å². The van der Waals surface area contributed by atoms with E-state index >= 15 is 0 Å². The van der Waals surface area contributed by atoms with Crippen LogP contribution in [0.25, 0.3) is 0 Å². The lowest BCUT2D eigenvalue weighted by atomic mass is 9.85. The Morgan fingerprint density at radius 3 is 0.858 bits per heavy atom. The number of carbonyl (C=O) groups excluding carboxylic acids is 5. The molecule has 21 nitrogen and oxygen atoms in total. The van der Waals surface area contributed by atoms with Gasteiger partial charge in [0.2, 0.25) is 0 Å². The number of rotatable bonds is 8. The molecule has 11 aromatic carbocycles. The van der Waals surface area contributed by atoms with Crippen LogP contribution in [0.2, 0.25) is 5.02 Å². The predicted octanol–water partition coefficient (Wildman–Crippen LogP) is 17.7. The van der Waals surface area contributed by atoms with Crippen LogP contribution in [0.1, 0.15) is 95.5 Å². The maximum Gasteiger partial charge on any atom is 0.251 e. The molecular weight excluding hydrogens is 1630 g/mol. The molecule has 0 aromatic heterocycles. The van der Waals surface area contributed by atoms with Gasteiger partial charge in [0.25, 0.3) is 29.5 Å². The van der Waals surface area contributed by atoms with Crippen molar-refractivity contribution in [1.82, 2.24) is 26.6 Å². The topological polar surface area (TPSA) is 275 Å². The van der Waals surface area contributed by atoms with E-state index in [4.69, 9.17) is 16.3 Å². The summed E-state index contributed by atoms with van der Waals surface area (Å²) in [5.74, 6) is 0.701. The van der Waals surface area contributed by atoms with E-state index in [9.17, 15) is 24.0 Å². The highest BCUT2D eigenvalue weighted by molar-refractivity contribution is 14.1. The highest BCUT2D eigenvalue weighted by atomic mass is 127. The van der Waals surface area contributed by atoms with Gasteiger partial charge in [-0.15, -0.1) is 0 Å². The number of benzene rings is 11. The van der Waals surface area contributed by atoms with Crippen LogP contribution in [0.4, 0.5) is 56.9 Å². The first-order valence-corrected chi connectivity index (χ1v) is 41.5. The molecule has 10 aliphatic heterocycles. The fourth-order valence-corrected chi connectivity index (χ4v) is 16.6. The van der Waals surface area contributed by atoms with Gasteiger partial charge in [0, 0.05) is 37.1 Å². The van der Waals surface area contributed by atoms with E-state index in [0.29, 0.717) is 44.4 Å². The minimum absolute atomic E-state index is 0.00613. The molecule has 15 N–H and O–H groups in total. The number of hydrogen-bond acceptors (Lipinski definition) is 16. The normalized spacial score (nSPS) is 18.9. The van der Waals surface area contributed by atoms with Crippen molar-refractivity contribution >= 4 is 121 Å². The summed E-state index contributed by atoms with van der Waals surface area (Å²) in [6.07, 6.45) is 0. The number of fused-ring (bicyclic) bond motifs is 5. The van der Waals surface area contributed by atoms with Gasteiger partial charge in [-0.2, -0.15) is 0 Å². The first-order valence-electron chi connectivity index (χ1n) is 40.0. The maximum atomic E-state index is 12.5. The Balaban J connectivity index is 0.000000107. The zero-order chi connectivity index (χ0) is 82.5. The second-order valence-electron chi connectivity index (χ2n) is 31.3. The van der Waals surface area contributed by atoms with Crippen molar-refractivity contribution in [2.24, 2.45) is 0 Å². The second-order valence-corrected chi connectivity index (χ2v) is 33.0. The monoisotopic (exact) mass is 1720 g/mol. The first-order chi connectivity index (χ1) is 58.4. The number of hydrogen-bond donors (Lipinski definition) is 15. The largest absolute Gasteiger partial charge is 0.489 e. The zero-order valence-corrected chi connectivity index (χ0v) is 69.2. The van der Waals surface area contributed by atoms with E-state index in [-0.39, 0.29) is 65.2 Å². The van der Waals surface area contributed by atoms with Gasteiger partial charge in [-0.3, -0.25) is 24.0 Å². The Hall–Kier alpha value is -13.7. The number of anilines is 10. The van der Waals surface area contributed by atoms with Crippen LogP contribution < -0.4 is 84.5 Å². The molecule has 23 heteroatoms. The standard InChI is InChI=1S/C24H21N3O2.C21H23N3O.C18H17N3O.C17H14ClN3O.C17H14IN3O/c28-24-22-21(14-25-24)26-19-8-4-5-9-20(19)27-23(22)17-10-12-18(13-11-17)29-15-16-6-2-1-3-7-16;1-21(2,3)14-10-8-13(9-11-14)19-18-17(12-22-20(18)25)23-15-6-4-5-7-16(15)24-19;1-11-6-8-12(9-7-11)17-16-15(10-19-18(16)22)20-13-4-2-3-5-14(13)21-17;2*18-11-7-5-10(6-8-11)16-15-14(9-19-17(15)22)20-12-3-1-2-4-13(12)21-16/h1-13,23,26-27H,14-15H2,(H,25,28);4-11,19,23-24H,12H2,1-3H3,(H,22,25);2-9,17,20-21H,10H2,1H3,(H,19,22);2*1-8,16,20-21H,9H2,(H,19,22). The molecule has 10 heterocycles. The number of ether oxygens (including phenoxy) is 1. The van der Waals surface area contributed by atoms with Crippen molar-refractivity contribution < 1.29 is 28.7 Å². The molecule has 0 bridgehead atoms. The highest BCUT2D eigenvalue weighted by Gasteiger charge is 2.40. The number of carbonyl (C=O) groups is 5. The van der Waals surface area contributed by atoms with E-state index < -0.39 is 0 Å². The van der Waals surface area contributed by atoms with Gasteiger partial charge in [0.1, 0.15) is 12.4 Å². The summed E-state index contributed by atoms with van der Waals surface area (Å²) in [4.78, 5) is 61.9. The van der Waals surface area contributed by atoms with Gasteiger partial charge in [-0.1, -0.05) is 214 Å². The number of nitrogens with one attached hydrogen (secondary N) is 15. The second kappa shape index (κ2) is 34.5. The summed E-state index contributed by atoms with van der Waals surface area (Å²) >= 11 is 8.27. The lowest BCUT2D eigenvalue weighted by Gasteiger charge is -2.23. The lowest BCUT2D eigenvalue weighted by molar-refractivity contribution is -0.117. The molecule has 0 saturated carbocycles. The Morgan fingerprint density at radius 2 is 0.567 bits per heavy atom. The van der Waals surface area contributed by atoms with Crippen LogP contribution in [0.5, 0.6) is 5.75 Å². The summed E-state index contributed by atoms with van der Waals surface area (Å²) in [5, 5.41) is 49.9. The molecule has 602 valence electrons. The Bertz CT molecular complexity index is 5650. The highest BCUT2D eigenvalue weighted by Crippen LogP contribution is 2.45. The summed E-state index contributed by atoms with van der Waals surface area (Å²) in [5.41, 5.74) is 27.4. The number of amides is 5. The molecule has 0 spiro atoms. The number of para-hydroxylation sites is 10. The minimum Gasteiger partial charge on any atom is -0.489 e. The fourth-order valence-electron chi connectivity index (χ4n) is 16.1. The Labute approximate surface area is 715 Å². The van der Waals surface area contributed by atoms with Gasteiger partial charge in [0.15, 0.2) is 0 Å². The fraction of sp³-hybridized carbons (Fsp3) is 0.165. The predicted molar refractivity (Wildman–Crippen MR) is 486 cm³/mol. The van der Waals surface area contributed by atoms with Gasteiger partial charge >= 0.3 is 0 Å². The van der Waals surface area contributed by atoms with Crippen molar-refractivity contribution in [3.8, 4) is 5.75 Å². The van der Waals surface area contributed by atoms with Crippen LogP contribution in [0, 0.1) is 10.5 Å². The average molecular weight is 1720 g/mol. The molecule has 5 unspecified atom stereocenters. The van der Waals surface area contributed by atoms with Gasteiger partial charge < -0.3 is 84.5 Å². The summed E-state index contributed by atoms with van der Waals surface area (Å²) in [6.45, 7) is 11.9. The van der Waals surface area contributed by atoms with Crippen LogP contribution in [0.3, 0.4) is 0 Å². The number of aryl methyl sites for hydroxylation is 1. The molecule has 10 aliphatic rings. The molecule has 0 radical (unpaired) electrons. The molecule has 11 aromatic rings. The zero-order valence-electron chi connectivity index (χ0n) is 66.3. The number of halogens is 2. The van der Waals surface area contributed by atoms with E-state index in [2.05, 4.69) is 203 Å². The third-order valence-electron chi connectivity index (χ3n) is 22.4. The quantitative estimate of drug-likeness (QED) is 0.0630. The van der Waals surface area contributed by atoms with Gasteiger partial charge in [0.05, 0.1) is 148 Å². The van der Waals surface area contributed by atoms with E-state index in [1.54, 1.807) is 0 Å². The molecule has 120 heavy (non-hydrogen) atoms. The molecule has 0 saturated heterocycles. The molecule has 0 aliphatic carbocycles. The van der Waals surface area contributed by atoms with E-state index in [1.807, 2.05) is 200 Å². The van der Waals surface area contributed by atoms with Gasteiger partial charge in [-0.05, 0) is 171 Å². The summed E-state index contributed by atoms with van der Waals surface area (Å²) < 4.78 is 7.08. The molecular formula is C97H89ClIN15O6. The van der Waals surface area contributed by atoms with Crippen LogP contribution in [-0.4, -0.2) is 62.3 Å².